The van der Waals surface area contributed by atoms with Crippen molar-refractivity contribution >= 4 is 31.9 Å². The van der Waals surface area contributed by atoms with E-state index in [2.05, 4.69) is 50.7 Å². The van der Waals surface area contributed by atoms with Crippen molar-refractivity contribution < 1.29 is 4.74 Å². The van der Waals surface area contributed by atoms with Gasteiger partial charge in [0.2, 0.25) is 5.88 Å². The molecule has 4 heteroatoms. The Labute approximate surface area is 126 Å². The Balaban J connectivity index is 2.51. The molecule has 0 radical (unpaired) electrons. The van der Waals surface area contributed by atoms with Crippen molar-refractivity contribution in [3.05, 3.63) is 21.3 Å². The Morgan fingerprint density at radius 2 is 2.06 bits per heavy atom. The van der Waals surface area contributed by atoms with Gasteiger partial charge in [-0.1, -0.05) is 29.8 Å². The number of aromatic nitrogens is 1. The van der Waals surface area contributed by atoms with Gasteiger partial charge in [-0.05, 0) is 52.6 Å². The summed E-state index contributed by atoms with van der Waals surface area (Å²) in [6.45, 7) is 4.36. The number of pyridine rings is 1. The highest BCUT2D eigenvalue weighted by molar-refractivity contribution is 9.10. The first kappa shape index (κ1) is 14.3. The molecule has 1 aliphatic rings. The van der Waals surface area contributed by atoms with E-state index in [1.807, 2.05) is 0 Å². The van der Waals surface area contributed by atoms with Crippen LogP contribution in [0.25, 0.3) is 0 Å². The van der Waals surface area contributed by atoms with Gasteiger partial charge in [0.1, 0.15) is 0 Å². The number of ether oxygens (including phenoxy) is 1. The van der Waals surface area contributed by atoms with Crippen LogP contribution in [0.2, 0.25) is 0 Å². The van der Waals surface area contributed by atoms with Gasteiger partial charge in [-0.3, -0.25) is 0 Å². The Morgan fingerprint density at radius 3 is 2.50 bits per heavy atom. The zero-order valence-electron chi connectivity index (χ0n) is 11.1. The van der Waals surface area contributed by atoms with Crippen LogP contribution in [0, 0.1) is 5.92 Å². The highest BCUT2D eigenvalue weighted by atomic mass is 79.9. The summed E-state index contributed by atoms with van der Waals surface area (Å²) in [6.07, 6.45) is 3.85. The predicted molar refractivity (Wildman–Crippen MR) is 81.6 cm³/mol. The molecule has 1 saturated carbocycles. The summed E-state index contributed by atoms with van der Waals surface area (Å²) in [7, 11) is 1.69. The Bertz CT molecular complexity index is 442. The van der Waals surface area contributed by atoms with E-state index in [-0.39, 0.29) is 0 Å². The maximum atomic E-state index is 5.44. The van der Waals surface area contributed by atoms with Crippen LogP contribution in [0.15, 0.2) is 4.47 Å². The third-order valence-electron chi connectivity index (χ3n) is 3.40. The first-order chi connectivity index (χ1) is 8.58. The van der Waals surface area contributed by atoms with Gasteiger partial charge in [-0.15, -0.1) is 0 Å². The zero-order valence-corrected chi connectivity index (χ0v) is 14.3. The third-order valence-corrected chi connectivity index (χ3v) is 4.84. The van der Waals surface area contributed by atoms with Gasteiger partial charge < -0.3 is 4.74 Å². The fraction of sp³-hybridized carbons (Fsp3) is 0.643. The van der Waals surface area contributed by atoms with Crippen molar-refractivity contribution in [2.24, 2.45) is 5.92 Å². The van der Waals surface area contributed by atoms with Crippen molar-refractivity contribution in [1.29, 1.82) is 0 Å². The second-order valence-electron chi connectivity index (χ2n) is 5.21. The Hall–Kier alpha value is -0.0900. The minimum Gasteiger partial charge on any atom is -0.481 e. The average Bonchev–Trinajstić information content (AvgIpc) is 3.14. The Morgan fingerprint density at radius 1 is 1.39 bits per heavy atom. The molecule has 1 fully saturated rings. The molecule has 1 aromatic rings. The smallest absolute Gasteiger partial charge is 0.217 e. The van der Waals surface area contributed by atoms with Crippen molar-refractivity contribution in [2.45, 2.75) is 44.4 Å². The van der Waals surface area contributed by atoms with E-state index < -0.39 is 0 Å². The molecule has 100 valence electrons. The normalized spacial score (nSPS) is 15.2. The maximum Gasteiger partial charge on any atom is 0.217 e. The molecule has 0 bridgehead atoms. The van der Waals surface area contributed by atoms with Crippen LogP contribution < -0.4 is 4.74 Å². The van der Waals surface area contributed by atoms with Crippen LogP contribution in [-0.4, -0.2) is 12.1 Å². The summed E-state index contributed by atoms with van der Waals surface area (Å²) < 4.78 is 6.64. The van der Waals surface area contributed by atoms with Crippen LogP contribution in [0.4, 0.5) is 0 Å². The lowest BCUT2D eigenvalue weighted by Crippen LogP contribution is -2.07. The molecule has 0 N–H and O–H groups in total. The molecule has 0 unspecified atom stereocenters. The second-order valence-corrected chi connectivity index (χ2v) is 6.56. The molecule has 1 heterocycles. The number of methoxy groups -OCH3 is 1. The Kier molecular flexibility index (Phi) is 4.70. The topological polar surface area (TPSA) is 22.1 Å². The average molecular weight is 377 g/mol. The maximum absolute atomic E-state index is 5.44. The van der Waals surface area contributed by atoms with Crippen LogP contribution in [0.5, 0.6) is 5.88 Å². The summed E-state index contributed by atoms with van der Waals surface area (Å²) in [5.41, 5.74) is 3.66. The lowest BCUT2D eigenvalue weighted by atomic mass is 9.98. The lowest BCUT2D eigenvalue weighted by Gasteiger charge is -2.18. The van der Waals surface area contributed by atoms with E-state index in [0.717, 1.165) is 29.2 Å². The molecule has 0 aliphatic heterocycles. The molecule has 18 heavy (non-hydrogen) atoms. The number of alkyl halides is 1. The molecule has 0 spiro atoms. The van der Waals surface area contributed by atoms with Crippen molar-refractivity contribution in [2.75, 3.05) is 7.11 Å². The van der Waals surface area contributed by atoms with Crippen LogP contribution >= 0.6 is 31.9 Å². The fourth-order valence-corrected chi connectivity index (χ4v) is 3.70. The minimum absolute atomic E-state index is 0.407. The lowest BCUT2D eigenvalue weighted by molar-refractivity contribution is 0.388. The molecule has 1 aromatic heterocycles. The van der Waals surface area contributed by atoms with E-state index in [9.17, 15) is 0 Å². The molecule has 0 amide bonds. The summed E-state index contributed by atoms with van der Waals surface area (Å²) in [4.78, 5) is 4.67. The van der Waals surface area contributed by atoms with Gasteiger partial charge in [0.15, 0.2) is 0 Å². The fourth-order valence-electron chi connectivity index (χ4n) is 2.22. The highest BCUT2D eigenvalue weighted by Gasteiger charge is 2.27. The minimum atomic E-state index is 0.407. The van der Waals surface area contributed by atoms with E-state index in [0.29, 0.717) is 5.92 Å². The highest BCUT2D eigenvalue weighted by Crippen LogP contribution is 2.41. The van der Waals surface area contributed by atoms with Crippen LogP contribution in [-0.2, 0) is 11.8 Å². The SMILES string of the molecule is COc1nc(CBr)c(CC2CC2)c(Br)c1C(C)C. The quantitative estimate of drug-likeness (QED) is 0.687. The number of hydrogen-bond donors (Lipinski definition) is 0. The molecule has 1 aliphatic carbocycles. The summed E-state index contributed by atoms with van der Waals surface area (Å²) in [5, 5.41) is 0.780. The van der Waals surface area contributed by atoms with Gasteiger partial charge in [0.25, 0.3) is 0 Å². The summed E-state index contributed by atoms with van der Waals surface area (Å²) >= 11 is 7.32. The van der Waals surface area contributed by atoms with Crippen LogP contribution in [0.1, 0.15) is 49.4 Å². The van der Waals surface area contributed by atoms with Gasteiger partial charge in [0.05, 0.1) is 12.8 Å². The molecular weight excluding hydrogens is 358 g/mol. The summed E-state index contributed by atoms with van der Waals surface area (Å²) in [6, 6.07) is 0. The second kappa shape index (κ2) is 5.91. The van der Waals surface area contributed by atoms with Crippen molar-refractivity contribution in [3.63, 3.8) is 0 Å². The molecule has 0 saturated heterocycles. The van der Waals surface area contributed by atoms with E-state index in [1.54, 1.807) is 7.11 Å². The van der Waals surface area contributed by atoms with E-state index >= 15 is 0 Å². The summed E-state index contributed by atoms with van der Waals surface area (Å²) in [5.74, 6) is 2.02. The standard InChI is InChI=1S/C14H19Br2NO/c1-8(2)12-13(16)10(6-9-4-5-9)11(7-15)17-14(12)18-3/h8-9H,4-7H2,1-3H3. The van der Waals surface area contributed by atoms with Crippen molar-refractivity contribution in [3.8, 4) is 5.88 Å². The largest absolute Gasteiger partial charge is 0.481 e. The number of hydrogen-bond acceptors (Lipinski definition) is 2. The van der Waals surface area contributed by atoms with Gasteiger partial charge >= 0.3 is 0 Å². The molecule has 2 nitrogen and oxygen atoms in total. The van der Waals surface area contributed by atoms with Gasteiger partial charge in [-0.2, -0.15) is 0 Å². The zero-order chi connectivity index (χ0) is 13.3. The van der Waals surface area contributed by atoms with E-state index in [4.69, 9.17) is 4.74 Å². The van der Waals surface area contributed by atoms with E-state index in [1.165, 1.54) is 28.4 Å². The van der Waals surface area contributed by atoms with Gasteiger partial charge in [-0.25, -0.2) is 4.98 Å². The molecule has 0 aromatic carbocycles. The van der Waals surface area contributed by atoms with Gasteiger partial charge in [0, 0.05) is 15.4 Å². The third kappa shape index (κ3) is 2.90. The number of halogens is 2. The molecule has 0 atom stereocenters. The number of nitrogens with zero attached hydrogens (tertiary/aromatic N) is 1. The number of rotatable bonds is 5. The molecular formula is C14H19Br2NO. The molecule has 2 rings (SSSR count). The first-order valence-corrected chi connectivity index (χ1v) is 8.31. The van der Waals surface area contributed by atoms with Crippen LogP contribution in [0.3, 0.4) is 0 Å². The monoisotopic (exact) mass is 375 g/mol. The first-order valence-electron chi connectivity index (χ1n) is 6.39. The predicted octanol–water partition coefficient (Wildman–Crippen LogP) is 4.82. The van der Waals surface area contributed by atoms with Crippen molar-refractivity contribution in [1.82, 2.24) is 4.98 Å².